The van der Waals surface area contributed by atoms with Crippen LogP contribution in [0.2, 0.25) is 0 Å². The van der Waals surface area contributed by atoms with Gasteiger partial charge in [0, 0.05) is 10.7 Å². The third-order valence-electron chi connectivity index (χ3n) is 2.56. The number of nitrogens with two attached hydrogens (primary N) is 1. The summed E-state index contributed by atoms with van der Waals surface area (Å²) in [7, 11) is -1.65. The Balaban J connectivity index is 2.73. The summed E-state index contributed by atoms with van der Waals surface area (Å²) in [5.74, 6) is -0.0843. The topological polar surface area (TPSA) is 98.5 Å². The number of methoxy groups -OCH3 is 1. The van der Waals surface area contributed by atoms with Crippen molar-refractivity contribution in [3.05, 3.63) is 22.7 Å². The zero-order chi connectivity index (χ0) is 15.3. The largest absolute Gasteiger partial charge is 0.495 e. The zero-order valence-electron chi connectivity index (χ0n) is 11.2. The molecule has 0 aliphatic heterocycles. The van der Waals surface area contributed by atoms with Crippen molar-refractivity contribution in [3.8, 4) is 5.75 Å². The Labute approximate surface area is 126 Å². The Bertz CT molecular complexity index is 589. The second kappa shape index (κ2) is 7.05. The van der Waals surface area contributed by atoms with Gasteiger partial charge < -0.3 is 15.8 Å². The molecule has 1 unspecified atom stereocenters. The fourth-order valence-corrected chi connectivity index (χ4v) is 2.52. The molecular formula is C12H17BrN2O4S. The van der Waals surface area contributed by atoms with Crippen molar-refractivity contribution in [3.63, 3.8) is 0 Å². The first-order valence-electron chi connectivity index (χ1n) is 5.80. The predicted octanol–water partition coefficient (Wildman–Crippen LogP) is 1.16. The minimum atomic E-state index is -3.14. The number of halogens is 1. The smallest absolute Gasteiger partial charge is 0.241 e. The number of hydrogen-bond donors (Lipinski definition) is 2. The van der Waals surface area contributed by atoms with E-state index in [-0.39, 0.29) is 12.2 Å². The Morgan fingerprint density at radius 1 is 1.50 bits per heavy atom. The number of sulfone groups is 1. The van der Waals surface area contributed by atoms with E-state index in [1.807, 2.05) is 0 Å². The van der Waals surface area contributed by atoms with E-state index in [9.17, 15) is 13.2 Å². The molecule has 1 aromatic carbocycles. The van der Waals surface area contributed by atoms with Crippen LogP contribution in [0.3, 0.4) is 0 Å². The third-order valence-corrected chi connectivity index (χ3v) is 4.03. The van der Waals surface area contributed by atoms with Crippen LogP contribution in [0.5, 0.6) is 5.75 Å². The maximum atomic E-state index is 11.9. The summed E-state index contributed by atoms with van der Waals surface area (Å²) in [5, 5.41) is 2.62. The van der Waals surface area contributed by atoms with Crippen LogP contribution in [0, 0.1) is 0 Å². The highest BCUT2D eigenvalue weighted by Gasteiger charge is 2.17. The highest BCUT2D eigenvalue weighted by molar-refractivity contribution is 9.10. The molecule has 0 bridgehead atoms. The van der Waals surface area contributed by atoms with Gasteiger partial charge >= 0.3 is 0 Å². The number of anilines is 1. The lowest BCUT2D eigenvalue weighted by Crippen LogP contribution is -2.37. The first kappa shape index (κ1) is 16.9. The molecule has 20 heavy (non-hydrogen) atoms. The van der Waals surface area contributed by atoms with E-state index < -0.39 is 21.8 Å². The number of benzene rings is 1. The van der Waals surface area contributed by atoms with Gasteiger partial charge in [0.15, 0.2) is 0 Å². The molecule has 0 radical (unpaired) electrons. The second-order valence-electron chi connectivity index (χ2n) is 4.36. The van der Waals surface area contributed by atoms with Crippen molar-refractivity contribution >= 4 is 37.4 Å². The van der Waals surface area contributed by atoms with Crippen molar-refractivity contribution in [1.29, 1.82) is 0 Å². The van der Waals surface area contributed by atoms with Gasteiger partial charge in [0.25, 0.3) is 0 Å². The molecule has 0 spiro atoms. The molecule has 0 aromatic heterocycles. The van der Waals surface area contributed by atoms with Crippen LogP contribution in [-0.2, 0) is 14.6 Å². The molecule has 0 saturated heterocycles. The molecule has 1 amide bonds. The predicted molar refractivity (Wildman–Crippen MR) is 81.6 cm³/mol. The lowest BCUT2D eigenvalue weighted by atomic mass is 10.2. The third kappa shape index (κ3) is 5.48. The van der Waals surface area contributed by atoms with Crippen LogP contribution >= 0.6 is 15.9 Å². The van der Waals surface area contributed by atoms with Crippen molar-refractivity contribution in [1.82, 2.24) is 0 Å². The van der Waals surface area contributed by atoms with E-state index in [0.717, 1.165) is 10.7 Å². The number of nitrogens with one attached hydrogen (secondary N) is 1. The molecule has 0 saturated carbocycles. The fourth-order valence-electron chi connectivity index (χ4n) is 1.48. The molecule has 0 aliphatic carbocycles. The van der Waals surface area contributed by atoms with Gasteiger partial charge in [-0.1, -0.05) is 15.9 Å². The van der Waals surface area contributed by atoms with Gasteiger partial charge in [-0.3, -0.25) is 4.79 Å². The number of ether oxygens (including phenoxy) is 1. The fraction of sp³-hybridized carbons (Fsp3) is 0.417. The molecule has 6 nitrogen and oxygen atoms in total. The van der Waals surface area contributed by atoms with Gasteiger partial charge in [-0.25, -0.2) is 8.42 Å². The zero-order valence-corrected chi connectivity index (χ0v) is 13.6. The first-order valence-corrected chi connectivity index (χ1v) is 8.66. The number of carbonyl (C=O) groups excluding carboxylic acids is 1. The summed E-state index contributed by atoms with van der Waals surface area (Å²) in [6, 6.07) is 4.26. The maximum Gasteiger partial charge on any atom is 0.241 e. The van der Waals surface area contributed by atoms with Gasteiger partial charge in [0.1, 0.15) is 15.6 Å². The standard InChI is InChI=1S/C12H17BrN2O4S/c1-19-11-4-3-8(13)7-10(11)15-12(16)9(14)5-6-20(2,17)18/h3-4,7,9H,5-6,14H2,1-2H3,(H,15,16). The minimum absolute atomic E-state index is 0.0704. The van der Waals surface area contributed by atoms with Crippen molar-refractivity contribution in [2.24, 2.45) is 5.73 Å². The summed E-state index contributed by atoms with van der Waals surface area (Å²) in [6.45, 7) is 0. The van der Waals surface area contributed by atoms with Gasteiger partial charge in [-0.15, -0.1) is 0 Å². The van der Waals surface area contributed by atoms with Crippen LogP contribution in [0.15, 0.2) is 22.7 Å². The number of hydrogen-bond acceptors (Lipinski definition) is 5. The average Bonchev–Trinajstić information content (AvgIpc) is 2.35. The summed E-state index contributed by atoms with van der Waals surface area (Å²) in [4.78, 5) is 11.9. The van der Waals surface area contributed by atoms with Crippen LogP contribution < -0.4 is 15.8 Å². The van der Waals surface area contributed by atoms with E-state index in [2.05, 4.69) is 21.2 Å². The molecule has 0 aliphatic rings. The molecule has 3 N–H and O–H groups in total. The van der Waals surface area contributed by atoms with Gasteiger partial charge in [0.05, 0.1) is 24.6 Å². The average molecular weight is 365 g/mol. The van der Waals surface area contributed by atoms with Gasteiger partial charge in [-0.05, 0) is 24.6 Å². The molecule has 0 fully saturated rings. The van der Waals surface area contributed by atoms with Crippen LogP contribution in [0.25, 0.3) is 0 Å². The molecule has 1 rings (SSSR count). The Hall–Kier alpha value is -1.12. The Kier molecular flexibility index (Phi) is 5.97. The Morgan fingerprint density at radius 2 is 2.15 bits per heavy atom. The number of rotatable bonds is 6. The molecule has 1 atom stereocenters. The molecule has 0 heterocycles. The van der Waals surface area contributed by atoms with Crippen molar-refractivity contribution < 1.29 is 17.9 Å². The molecule has 112 valence electrons. The number of amides is 1. The molecule has 8 heteroatoms. The molecular weight excluding hydrogens is 348 g/mol. The summed E-state index contributed by atoms with van der Waals surface area (Å²) in [6.07, 6.45) is 1.18. The van der Waals surface area contributed by atoms with Gasteiger partial charge in [-0.2, -0.15) is 0 Å². The lowest BCUT2D eigenvalue weighted by molar-refractivity contribution is -0.117. The lowest BCUT2D eigenvalue weighted by Gasteiger charge is -2.14. The monoisotopic (exact) mass is 364 g/mol. The first-order chi connectivity index (χ1) is 9.23. The van der Waals surface area contributed by atoms with E-state index >= 15 is 0 Å². The van der Waals surface area contributed by atoms with Gasteiger partial charge in [0.2, 0.25) is 5.91 Å². The van der Waals surface area contributed by atoms with Crippen LogP contribution in [0.1, 0.15) is 6.42 Å². The van der Waals surface area contributed by atoms with Crippen LogP contribution in [0.4, 0.5) is 5.69 Å². The summed E-state index contributed by atoms with van der Waals surface area (Å²) < 4.78 is 28.0. The maximum absolute atomic E-state index is 11.9. The minimum Gasteiger partial charge on any atom is -0.495 e. The second-order valence-corrected chi connectivity index (χ2v) is 7.53. The molecule has 1 aromatic rings. The van der Waals surface area contributed by atoms with Crippen molar-refractivity contribution in [2.45, 2.75) is 12.5 Å². The van der Waals surface area contributed by atoms with E-state index in [1.165, 1.54) is 7.11 Å². The summed E-state index contributed by atoms with van der Waals surface area (Å²) in [5.41, 5.74) is 6.15. The van der Waals surface area contributed by atoms with E-state index in [0.29, 0.717) is 11.4 Å². The van der Waals surface area contributed by atoms with E-state index in [1.54, 1.807) is 18.2 Å². The normalized spacial score (nSPS) is 12.8. The number of carbonyl (C=O) groups is 1. The van der Waals surface area contributed by atoms with Crippen LogP contribution in [-0.4, -0.2) is 39.5 Å². The summed E-state index contributed by atoms with van der Waals surface area (Å²) >= 11 is 3.29. The highest BCUT2D eigenvalue weighted by atomic mass is 79.9. The Morgan fingerprint density at radius 3 is 2.70 bits per heavy atom. The SMILES string of the molecule is COc1ccc(Br)cc1NC(=O)C(N)CCS(C)(=O)=O. The highest BCUT2D eigenvalue weighted by Crippen LogP contribution is 2.27. The quantitative estimate of drug-likeness (QED) is 0.788. The van der Waals surface area contributed by atoms with E-state index in [4.69, 9.17) is 10.5 Å². The van der Waals surface area contributed by atoms with Crippen molar-refractivity contribution in [2.75, 3.05) is 24.4 Å².